The zero-order chi connectivity index (χ0) is 28.0. The summed E-state index contributed by atoms with van der Waals surface area (Å²) < 4.78 is 0. The molecule has 0 aliphatic heterocycles. The zero-order valence-corrected chi connectivity index (χ0v) is 25.7. The van der Waals surface area contributed by atoms with Crippen LogP contribution in [0.1, 0.15) is 157 Å². The van der Waals surface area contributed by atoms with E-state index in [1.165, 1.54) is 74.5 Å². The van der Waals surface area contributed by atoms with Gasteiger partial charge in [-0.1, -0.05) is 123 Å². The van der Waals surface area contributed by atoms with Crippen LogP contribution in [0.15, 0.2) is 24.3 Å². The van der Waals surface area contributed by atoms with Gasteiger partial charge in [0.25, 0.3) is 0 Å². The van der Waals surface area contributed by atoms with Crippen LogP contribution in [0.2, 0.25) is 0 Å². The van der Waals surface area contributed by atoms with Gasteiger partial charge in [0.15, 0.2) is 0 Å². The fourth-order valence-electron chi connectivity index (χ4n) is 6.36. The normalized spacial score (nSPS) is 13.1. The van der Waals surface area contributed by atoms with Crippen molar-refractivity contribution in [2.24, 2.45) is 0 Å². The lowest BCUT2D eigenvalue weighted by Gasteiger charge is -2.38. The average Bonchev–Trinajstić information content (AvgIpc) is 2.91. The highest BCUT2D eigenvalue weighted by Crippen LogP contribution is 2.49. The molecule has 1 atom stereocenters. The third-order valence-electron chi connectivity index (χ3n) is 8.80. The summed E-state index contributed by atoms with van der Waals surface area (Å²) in [6, 6.07) is 8.68. The average molecular weight is 523 g/mol. The maximum Gasteiger partial charge on any atom is 0.121 e. The summed E-state index contributed by atoms with van der Waals surface area (Å²) in [4.78, 5) is 0. The van der Waals surface area contributed by atoms with Crippen LogP contribution in [0.5, 0.6) is 11.5 Å². The first-order valence-corrected chi connectivity index (χ1v) is 16.0. The summed E-state index contributed by atoms with van der Waals surface area (Å²) in [6.07, 6.45) is 19.8. The van der Waals surface area contributed by atoms with Gasteiger partial charge in [0.05, 0.1) is 0 Å². The molecule has 0 saturated carbocycles. The maximum atomic E-state index is 11.5. The van der Waals surface area contributed by atoms with Gasteiger partial charge in [-0.25, -0.2) is 0 Å². The van der Waals surface area contributed by atoms with Gasteiger partial charge in [0, 0.05) is 11.0 Å². The first-order chi connectivity index (χ1) is 18.4. The molecule has 0 aromatic heterocycles. The molecule has 0 amide bonds. The lowest BCUT2D eigenvalue weighted by molar-refractivity contribution is 0.370. The zero-order valence-electron chi connectivity index (χ0n) is 25.7. The Morgan fingerprint density at radius 2 is 1.18 bits per heavy atom. The van der Waals surface area contributed by atoms with Crippen LogP contribution in [0.3, 0.4) is 0 Å². The molecule has 2 nitrogen and oxygen atoms in total. The highest BCUT2D eigenvalue weighted by atomic mass is 16.3. The van der Waals surface area contributed by atoms with Gasteiger partial charge >= 0.3 is 0 Å². The number of hydrogen-bond acceptors (Lipinski definition) is 2. The molecule has 2 heteroatoms. The summed E-state index contributed by atoms with van der Waals surface area (Å²) in [5.41, 5.74) is 6.60. The predicted molar refractivity (Wildman–Crippen MR) is 166 cm³/mol. The van der Waals surface area contributed by atoms with E-state index in [1.807, 2.05) is 13.0 Å². The SMILES string of the molecule is CCCCCCCCCCc1c(C(CCCC)(CCCCC)c2cc(C)c(CC)cc2O)ccc(C)c1O. The highest BCUT2D eigenvalue weighted by molar-refractivity contribution is 5.56. The van der Waals surface area contributed by atoms with E-state index in [4.69, 9.17) is 0 Å². The monoisotopic (exact) mass is 522 g/mol. The number of unbranched alkanes of at least 4 members (excludes halogenated alkanes) is 10. The molecule has 38 heavy (non-hydrogen) atoms. The molecular formula is C36H58O2. The number of aromatic hydroxyl groups is 2. The smallest absolute Gasteiger partial charge is 0.121 e. The largest absolute Gasteiger partial charge is 0.508 e. The molecule has 0 saturated heterocycles. The van der Waals surface area contributed by atoms with Crippen molar-refractivity contribution in [3.63, 3.8) is 0 Å². The molecule has 0 spiro atoms. The van der Waals surface area contributed by atoms with E-state index in [1.54, 1.807) is 0 Å². The molecule has 0 heterocycles. The minimum absolute atomic E-state index is 0.285. The molecule has 0 aliphatic carbocycles. The first kappa shape index (κ1) is 32.3. The molecule has 0 aliphatic rings. The van der Waals surface area contributed by atoms with E-state index in [9.17, 15) is 10.2 Å². The summed E-state index contributed by atoms with van der Waals surface area (Å²) in [6.45, 7) is 13.2. The van der Waals surface area contributed by atoms with Gasteiger partial charge in [-0.3, -0.25) is 0 Å². The van der Waals surface area contributed by atoms with Crippen molar-refractivity contribution >= 4 is 0 Å². The van der Waals surface area contributed by atoms with Crippen LogP contribution in [-0.4, -0.2) is 10.2 Å². The molecule has 1 unspecified atom stereocenters. The standard InChI is InChI=1S/C36H58O2/c1-7-11-14-15-16-17-18-19-21-31-32(23-22-28(5)35(31)38)36(24-13-9-3,25-20-12-8-2)33-26-29(6)30(10-4)27-34(33)37/h22-23,26-27,37-38H,7-21,24-25H2,1-6H3. The van der Waals surface area contributed by atoms with Crippen molar-refractivity contribution in [1.29, 1.82) is 0 Å². The minimum atomic E-state index is -0.285. The Kier molecular flexibility index (Phi) is 14.3. The Morgan fingerprint density at radius 1 is 0.605 bits per heavy atom. The Bertz CT molecular complexity index is 960. The second-order valence-corrected chi connectivity index (χ2v) is 11.8. The molecule has 214 valence electrons. The molecule has 0 fully saturated rings. The second-order valence-electron chi connectivity index (χ2n) is 11.8. The van der Waals surface area contributed by atoms with Crippen molar-refractivity contribution < 1.29 is 10.2 Å². The second kappa shape index (κ2) is 16.9. The number of phenolic OH excluding ortho intramolecular Hbond substituents is 2. The fourth-order valence-corrected chi connectivity index (χ4v) is 6.36. The van der Waals surface area contributed by atoms with Crippen molar-refractivity contribution in [3.05, 3.63) is 57.6 Å². The van der Waals surface area contributed by atoms with Gasteiger partial charge in [0.2, 0.25) is 0 Å². The minimum Gasteiger partial charge on any atom is -0.508 e. The summed E-state index contributed by atoms with van der Waals surface area (Å²) >= 11 is 0. The van der Waals surface area contributed by atoms with Gasteiger partial charge < -0.3 is 10.2 Å². The van der Waals surface area contributed by atoms with Crippen LogP contribution in [0.4, 0.5) is 0 Å². The molecule has 0 bridgehead atoms. The van der Waals surface area contributed by atoms with E-state index in [2.05, 4.69) is 52.8 Å². The quantitative estimate of drug-likeness (QED) is 0.180. The topological polar surface area (TPSA) is 40.5 Å². The third kappa shape index (κ3) is 8.52. The molecule has 2 aromatic rings. The van der Waals surface area contributed by atoms with Crippen molar-refractivity contribution in [2.45, 2.75) is 156 Å². The highest BCUT2D eigenvalue weighted by Gasteiger charge is 2.38. The van der Waals surface area contributed by atoms with Crippen molar-refractivity contribution in [3.8, 4) is 11.5 Å². The lowest BCUT2D eigenvalue weighted by Crippen LogP contribution is -2.30. The Morgan fingerprint density at radius 3 is 1.82 bits per heavy atom. The van der Waals surface area contributed by atoms with E-state index < -0.39 is 0 Å². The van der Waals surface area contributed by atoms with E-state index >= 15 is 0 Å². The predicted octanol–water partition coefficient (Wildman–Crippen LogP) is 11.0. The van der Waals surface area contributed by atoms with Crippen LogP contribution in [0, 0.1) is 13.8 Å². The summed E-state index contributed by atoms with van der Waals surface area (Å²) in [5.74, 6) is 0.904. The van der Waals surface area contributed by atoms with Crippen molar-refractivity contribution in [2.75, 3.05) is 0 Å². The van der Waals surface area contributed by atoms with Crippen LogP contribution < -0.4 is 0 Å². The van der Waals surface area contributed by atoms with Gasteiger partial charge in [-0.15, -0.1) is 0 Å². The number of benzene rings is 2. The molecule has 2 rings (SSSR count). The van der Waals surface area contributed by atoms with Crippen molar-refractivity contribution in [1.82, 2.24) is 0 Å². The van der Waals surface area contributed by atoms with Crippen LogP contribution >= 0.6 is 0 Å². The molecule has 2 N–H and O–H groups in total. The Balaban J connectivity index is 2.53. The third-order valence-corrected chi connectivity index (χ3v) is 8.80. The van der Waals surface area contributed by atoms with E-state index in [-0.39, 0.29) is 5.41 Å². The van der Waals surface area contributed by atoms with E-state index in [0.29, 0.717) is 11.5 Å². The maximum absolute atomic E-state index is 11.5. The summed E-state index contributed by atoms with van der Waals surface area (Å²) in [5, 5.41) is 22.9. The van der Waals surface area contributed by atoms with Crippen LogP contribution in [-0.2, 0) is 18.3 Å². The van der Waals surface area contributed by atoms with E-state index in [0.717, 1.165) is 68.1 Å². The Hall–Kier alpha value is -1.96. The first-order valence-electron chi connectivity index (χ1n) is 16.0. The molecule has 2 aromatic carbocycles. The summed E-state index contributed by atoms with van der Waals surface area (Å²) in [7, 11) is 0. The molecular weight excluding hydrogens is 464 g/mol. The number of rotatable bonds is 19. The fraction of sp³-hybridized carbons (Fsp3) is 0.667. The number of aryl methyl sites for hydroxylation is 3. The lowest BCUT2D eigenvalue weighted by atomic mass is 9.65. The molecule has 0 radical (unpaired) electrons. The Labute approximate surface area is 235 Å². The van der Waals surface area contributed by atoms with Gasteiger partial charge in [-0.2, -0.15) is 0 Å². The number of hydrogen-bond donors (Lipinski definition) is 2. The van der Waals surface area contributed by atoms with Gasteiger partial charge in [-0.05, 0) is 79.8 Å². The van der Waals surface area contributed by atoms with Crippen LogP contribution in [0.25, 0.3) is 0 Å². The van der Waals surface area contributed by atoms with Gasteiger partial charge in [0.1, 0.15) is 11.5 Å². The number of phenols is 2.